The normalized spacial score (nSPS) is 11.0. The van der Waals surface area contributed by atoms with Gasteiger partial charge in [-0.25, -0.2) is 9.37 Å². The van der Waals surface area contributed by atoms with E-state index in [-0.39, 0.29) is 11.7 Å². The van der Waals surface area contributed by atoms with E-state index in [1.807, 2.05) is 30.5 Å². The Morgan fingerprint density at radius 3 is 2.73 bits per heavy atom. The van der Waals surface area contributed by atoms with Crippen LogP contribution in [-0.4, -0.2) is 10.9 Å². The van der Waals surface area contributed by atoms with Crippen LogP contribution in [0.4, 0.5) is 9.52 Å². The Labute approximate surface area is 162 Å². The Morgan fingerprint density at radius 2 is 1.96 bits per heavy atom. The van der Waals surface area contributed by atoms with Gasteiger partial charge in [-0.2, -0.15) is 0 Å². The number of amides is 1. The molecule has 0 aliphatic heterocycles. The van der Waals surface area contributed by atoms with Gasteiger partial charge in [0.1, 0.15) is 10.7 Å². The molecule has 0 fully saturated rings. The lowest BCUT2D eigenvalue weighted by atomic mass is 10.2. The number of aromatic nitrogens is 1. The summed E-state index contributed by atoms with van der Waals surface area (Å²) in [5.41, 5.74) is 2.59. The van der Waals surface area contributed by atoms with Gasteiger partial charge in [0.25, 0.3) is 5.91 Å². The number of hydrogen-bond acceptors (Lipinski definition) is 4. The van der Waals surface area contributed by atoms with Crippen LogP contribution in [-0.2, 0) is 0 Å². The number of aryl methyl sites for hydroxylation is 1. The second-order valence-electron chi connectivity index (χ2n) is 5.74. The van der Waals surface area contributed by atoms with Gasteiger partial charge in [0.05, 0.1) is 10.7 Å². The average Bonchev–Trinajstić information content (AvgIpc) is 3.20. The van der Waals surface area contributed by atoms with E-state index in [0.29, 0.717) is 20.7 Å². The molecule has 0 unspecified atom stereocenters. The first-order chi connectivity index (χ1) is 12.5. The van der Waals surface area contributed by atoms with Crippen molar-refractivity contribution < 1.29 is 9.18 Å². The summed E-state index contributed by atoms with van der Waals surface area (Å²) < 4.78 is 14.0. The lowest BCUT2D eigenvalue weighted by Gasteiger charge is -2.00. The first-order valence-corrected chi connectivity index (χ1v) is 9.80. The fraction of sp³-hybridized carbons (Fsp3) is 0.0526. The summed E-state index contributed by atoms with van der Waals surface area (Å²) in [5.74, 6) is -0.582. The molecule has 2 heterocycles. The zero-order valence-electron chi connectivity index (χ0n) is 13.5. The molecule has 0 aliphatic carbocycles. The second-order valence-corrected chi connectivity index (χ2v) is 8.03. The Hall–Kier alpha value is -2.28. The number of carbonyl (C=O) groups excluding carboxylic acids is 1. The lowest BCUT2D eigenvalue weighted by molar-refractivity contribution is 0.103. The summed E-state index contributed by atoms with van der Waals surface area (Å²) in [5, 5.41) is 6.42. The summed E-state index contributed by atoms with van der Waals surface area (Å²) in [6.07, 6.45) is 0. The van der Waals surface area contributed by atoms with Gasteiger partial charge in [0.15, 0.2) is 5.13 Å². The molecule has 0 spiro atoms. The molecule has 4 rings (SSSR count). The van der Waals surface area contributed by atoms with Crippen LogP contribution in [0.1, 0.15) is 15.2 Å². The first-order valence-electron chi connectivity index (χ1n) is 7.73. The van der Waals surface area contributed by atoms with Crippen LogP contribution in [0, 0.1) is 12.7 Å². The smallest absolute Gasteiger partial charge is 0.269 e. The molecule has 130 valence electrons. The van der Waals surface area contributed by atoms with Crippen LogP contribution in [0.2, 0.25) is 5.02 Å². The van der Waals surface area contributed by atoms with Crippen molar-refractivity contribution in [1.82, 2.24) is 4.98 Å². The minimum atomic E-state index is -0.299. The van der Waals surface area contributed by atoms with Crippen LogP contribution in [0.3, 0.4) is 0 Å². The fourth-order valence-electron chi connectivity index (χ4n) is 2.56. The standard InChI is InChI=1S/C19H12ClFN2OS2/c1-10-2-7-13-15(8-10)26-17(16(13)20)18(24)23-19-22-14(9-25-19)11-3-5-12(21)6-4-11/h2-9H,1H3,(H,22,23,24). The molecular weight excluding hydrogens is 391 g/mol. The molecule has 0 aliphatic rings. The number of halogens is 2. The number of benzene rings is 2. The van der Waals surface area contributed by atoms with Gasteiger partial charge < -0.3 is 0 Å². The van der Waals surface area contributed by atoms with Crippen molar-refractivity contribution in [3.05, 3.63) is 69.1 Å². The highest BCUT2D eigenvalue weighted by atomic mass is 35.5. The topological polar surface area (TPSA) is 42.0 Å². The molecule has 4 aromatic rings. The number of fused-ring (bicyclic) bond motifs is 1. The van der Waals surface area contributed by atoms with Crippen molar-refractivity contribution in [2.24, 2.45) is 0 Å². The number of rotatable bonds is 3. The number of nitrogens with zero attached hydrogens (tertiary/aromatic N) is 1. The molecule has 1 N–H and O–H groups in total. The maximum atomic E-state index is 13.0. The monoisotopic (exact) mass is 402 g/mol. The lowest BCUT2D eigenvalue weighted by Crippen LogP contribution is -2.10. The van der Waals surface area contributed by atoms with Crippen molar-refractivity contribution in [3.8, 4) is 11.3 Å². The number of hydrogen-bond donors (Lipinski definition) is 1. The van der Waals surface area contributed by atoms with Crippen molar-refractivity contribution >= 4 is 55.4 Å². The van der Waals surface area contributed by atoms with E-state index in [9.17, 15) is 9.18 Å². The molecule has 0 saturated heterocycles. The summed E-state index contributed by atoms with van der Waals surface area (Å²) in [4.78, 5) is 17.5. The molecular formula is C19H12ClFN2OS2. The molecule has 0 saturated carbocycles. The Bertz CT molecular complexity index is 1120. The predicted octanol–water partition coefficient (Wildman–Crippen LogP) is 6.38. The zero-order chi connectivity index (χ0) is 18.3. The first kappa shape index (κ1) is 17.1. The van der Waals surface area contributed by atoms with Crippen LogP contribution in [0.15, 0.2) is 47.8 Å². The van der Waals surface area contributed by atoms with E-state index in [4.69, 9.17) is 11.6 Å². The number of anilines is 1. The SMILES string of the molecule is Cc1ccc2c(Cl)c(C(=O)Nc3nc(-c4ccc(F)cc4)cs3)sc2c1. The molecule has 0 atom stereocenters. The van der Waals surface area contributed by atoms with E-state index in [1.54, 1.807) is 12.1 Å². The third-order valence-electron chi connectivity index (χ3n) is 3.86. The molecule has 3 nitrogen and oxygen atoms in total. The van der Waals surface area contributed by atoms with Gasteiger partial charge in [-0.1, -0.05) is 23.7 Å². The largest absolute Gasteiger partial charge is 0.297 e. The summed E-state index contributed by atoms with van der Waals surface area (Å²) >= 11 is 9.06. The zero-order valence-corrected chi connectivity index (χ0v) is 15.9. The minimum absolute atomic E-state index is 0.283. The van der Waals surface area contributed by atoms with Crippen molar-refractivity contribution in [3.63, 3.8) is 0 Å². The molecule has 2 aromatic carbocycles. The highest BCUT2D eigenvalue weighted by Gasteiger charge is 2.18. The molecule has 0 bridgehead atoms. The third-order valence-corrected chi connectivity index (χ3v) is 6.27. The summed E-state index contributed by atoms with van der Waals surface area (Å²) in [7, 11) is 0. The van der Waals surface area contributed by atoms with Crippen LogP contribution in [0.25, 0.3) is 21.3 Å². The Kier molecular flexibility index (Phi) is 4.48. The number of thiophene rings is 1. The molecule has 7 heteroatoms. The Morgan fingerprint density at radius 1 is 1.19 bits per heavy atom. The van der Waals surface area contributed by atoms with Gasteiger partial charge in [-0.05, 0) is 42.8 Å². The predicted molar refractivity (Wildman–Crippen MR) is 107 cm³/mol. The molecule has 0 radical (unpaired) electrons. The molecule has 1 amide bonds. The maximum absolute atomic E-state index is 13.0. The van der Waals surface area contributed by atoms with E-state index in [0.717, 1.165) is 21.2 Å². The van der Waals surface area contributed by atoms with Gasteiger partial charge in [-0.3, -0.25) is 10.1 Å². The van der Waals surface area contributed by atoms with Crippen LogP contribution < -0.4 is 5.32 Å². The van der Waals surface area contributed by atoms with E-state index >= 15 is 0 Å². The van der Waals surface area contributed by atoms with Crippen molar-refractivity contribution in [2.45, 2.75) is 6.92 Å². The van der Waals surface area contributed by atoms with Crippen molar-refractivity contribution in [2.75, 3.05) is 5.32 Å². The number of nitrogens with one attached hydrogen (secondary N) is 1. The number of thiazole rings is 1. The number of carbonyl (C=O) groups is 1. The second kappa shape index (κ2) is 6.79. The molecule has 26 heavy (non-hydrogen) atoms. The van der Waals surface area contributed by atoms with E-state index in [1.165, 1.54) is 34.8 Å². The average molecular weight is 403 g/mol. The quantitative estimate of drug-likeness (QED) is 0.432. The summed E-state index contributed by atoms with van der Waals surface area (Å²) in [6, 6.07) is 12.0. The van der Waals surface area contributed by atoms with Crippen LogP contribution >= 0.6 is 34.3 Å². The minimum Gasteiger partial charge on any atom is -0.297 e. The van der Waals surface area contributed by atoms with E-state index in [2.05, 4.69) is 10.3 Å². The fourth-order valence-corrected chi connectivity index (χ4v) is 4.78. The third kappa shape index (κ3) is 3.23. The van der Waals surface area contributed by atoms with E-state index < -0.39 is 0 Å². The van der Waals surface area contributed by atoms with Gasteiger partial charge in [-0.15, -0.1) is 22.7 Å². The maximum Gasteiger partial charge on any atom is 0.269 e. The van der Waals surface area contributed by atoms with Gasteiger partial charge >= 0.3 is 0 Å². The highest BCUT2D eigenvalue weighted by molar-refractivity contribution is 7.22. The summed E-state index contributed by atoms with van der Waals surface area (Å²) in [6.45, 7) is 2.00. The van der Waals surface area contributed by atoms with Gasteiger partial charge in [0, 0.05) is 21.0 Å². The molecule has 2 aromatic heterocycles. The van der Waals surface area contributed by atoms with Crippen LogP contribution in [0.5, 0.6) is 0 Å². The Balaban J connectivity index is 1.59. The highest BCUT2D eigenvalue weighted by Crippen LogP contribution is 2.36. The van der Waals surface area contributed by atoms with Gasteiger partial charge in [0.2, 0.25) is 0 Å². The van der Waals surface area contributed by atoms with Crippen molar-refractivity contribution in [1.29, 1.82) is 0 Å².